The summed E-state index contributed by atoms with van der Waals surface area (Å²) in [5.74, 6) is -1.54. The maximum Gasteiger partial charge on any atom is 0.321 e. The van der Waals surface area contributed by atoms with Crippen LogP contribution in [0.3, 0.4) is 0 Å². The summed E-state index contributed by atoms with van der Waals surface area (Å²) >= 11 is 0. The van der Waals surface area contributed by atoms with Gasteiger partial charge in [0.2, 0.25) is 0 Å². The molecular weight excluding hydrogens is 234 g/mol. The Kier molecular flexibility index (Phi) is 5.32. The van der Waals surface area contributed by atoms with Crippen LogP contribution in [0, 0.1) is 0 Å². The number of hydrogen-bond donors (Lipinski definition) is 1. The van der Waals surface area contributed by atoms with Gasteiger partial charge in [0.25, 0.3) is 0 Å². The zero-order valence-electron chi connectivity index (χ0n) is 10.5. The second kappa shape index (κ2) is 6.76. The average molecular weight is 251 g/mol. The van der Waals surface area contributed by atoms with Gasteiger partial charge < -0.3 is 9.84 Å². The molecule has 1 N–H and O–H groups in total. The molecule has 18 heavy (non-hydrogen) atoms. The molecule has 1 atom stereocenters. The predicted octanol–water partition coefficient (Wildman–Crippen LogP) is 1.13. The summed E-state index contributed by atoms with van der Waals surface area (Å²) in [7, 11) is 3.23. The Bertz CT molecular complexity index is 403. The third-order valence-corrected chi connectivity index (χ3v) is 2.51. The lowest BCUT2D eigenvalue weighted by Gasteiger charge is -2.18. The Morgan fingerprint density at radius 3 is 2.39 bits per heavy atom. The number of benzene rings is 1. The van der Waals surface area contributed by atoms with Crippen molar-refractivity contribution >= 4 is 11.9 Å². The highest BCUT2D eigenvalue weighted by atomic mass is 16.5. The van der Waals surface area contributed by atoms with Crippen molar-refractivity contribution in [2.24, 2.45) is 0 Å². The van der Waals surface area contributed by atoms with E-state index in [0.717, 1.165) is 5.56 Å². The lowest BCUT2D eigenvalue weighted by atomic mass is 10.2. The molecule has 1 aromatic rings. The minimum Gasteiger partial charge on any atom is -0.480 e. The number of carbonyl (C=O) groups excluding carboxylic acids is 1. The zero-order valence-corrected chi connectivity index (χ0v) is 10.5. The van der Waals surface area contributed by atoms with Gasteiger partial charge in [-0.2, -0.15) is 0 Å². The SMILES string of the molecule is CN(C)[C@@H](CC(=O)OCc1ccccc1)C(=O)O. The van der Waals surface area contributed by atoms with Gasteiger partial charge in [0.05, 0.1) is 6.42 Å². The topological polar surface area (TPSA) is 66.8 Å². The fourth-order valence-corrected chi connectivity index (χ4v) is 1.45. The molecule has 0 aliphatic carbocycles. The molecule has 0 unspecified atom stereocenters. The van der Waals surface area contributed by atoms with Gasteiger partial charge in [0.15, 0.2) is 0 Å². The number of nitrogens with zero attached hydrogens (tertiary/aromatic N) is 1. The summed E-state index contributed by atoms with van der Waals surface area (Å²) < 4.78 is 5.03. The van der Waals surface area contributed by atoms with Crippen LogP contribution < -0.4 is 0 Å². The highest BCUT2D eigenvalue weighted by Gasteiger charge is 2.23. The fourth-order valence-electron chi connectivity index (χ4n) is 1.45. The summed E-state index contributed by atoms with van der Waals surface area (Å²) in [6.07, 6.45) is -0.158. The predicted molar refractivity (Wildman–Crippen MR) is 66.0 cm³/mol. The van der Waals surface area contributed by atoms with E-state index in [9.17, 15) is 9.59 Å². The van der Waals surface area contributed by atoms with Crippen LogP contribution in [0.25, 0.3) is 0 Å². The first-order valence-corrected chi connectivity index (χ1v) is 5.59. The molecule has 5 nitrogen and oxygen atoms in total. The summed E-state index contributed by atoms with van der Waals surface area (Å²) in [6, 6.07) is 8.40. The number of carboxylic acid groups (broad SMARTS) is 1. The number of aliphatic carboxylic acids is 1. The molecule has 0 aliphatic heterocycles. The Labute approximate surface area is 106 Å². The van der Waals surface area contributed by atoms with Crippen molar-refractivity contribution in [3.05, 3.63) is 35.9 Å². The van der Waals surface area contributed by atoms with E-state index in [1.165, 1.54) is 4.90 Å². The van der Waals surface area contributed by atoms with Gasteiger partial charge in [-0.15, -0.1) is 0 Å². The first-order valence-electron chi connectivity index (χ1n) is 5.59. The van der Waals surface area contributed by atoms with E-state index in [1.807, 2.05) is 30.3 Å². The van der Waals surface area contributed by atoms with Gasteiger partial charge in [-0.25, -0.2) is 0 Å². The third kappa shape index (κ3) is 4.55. The molecule has 0 saturated heterocycles. The van der Waals surface area contributed by atoms with Crippen molar-refractivity contribution in [1.29, 1.82) is 0 Å². The van der Waals surface area contributed by atoms with E-state index in [0.29, 0.717) is 0 Å². The first kappa shape index (κ1) is 14.2. The standard InChI is InChI=1S/C13H17NO4/c1-14(2)11(13(16)17)8-12(15)18-9-10-6-4-3-5-7-10/h3-7,11H,8-9H2,1-2H3,(H,16,17)/t11-/m0/s1. The van der Waals surface area contributed by atoms with Crippen molar-refractivity contribution in [3.8, 4) is 0 Å². The Morgan fingerprint density at radius 1 is 1.28 bits per heavy atom. The molecule has 0 bridgehead atoms. The third-order valence-electron chi connectivity index (χ3n) is 2.51. The molecule has 0 radical (unpaired) electrons. The molecule has 1 aromatic carbocycles. The first-order chi connectivity index (χ1) is 8.50. The number of hydrogen-bond acceptors (Lipinski definition) is 4. The lowest BCUT2D eigenvalue weighted by Crippen LogP contribution is -2.37. The van der Waals surface area contributed by atoms with Crippen molar-refractivity contribution < 1.29 is 19.4 Å². The van der Waals surface area contributed by atoms with Gasteiger partial charge >= 0.3 is 11.9 Å². The monoisotopic (exact) mass is 251 g/mol. The van der Waals surface area contributed by atoms with Crippen molar-refractivity contribution in [1.82, 2.24) is 4.90 Å². The second-order valence-corrected chi connectivity index (χ2v) is 4.17. The summed E-state index contributed by atoms with van der Waals surface area (Å²) in [4.78, 5) is 23.9. The van der Waals surface area contributed by atoms with Gasteiger partial charge in [0, 0.05) is 0 Å². The highest BCUT2D eigenvalue weighted by Crippen LogP contribution is 2.05. The Hall–Kier alpha value is -1.88. The molecule has 0 aromatic heterocycles. The molecule has 0 heterocycles. The largest absolute Gasteiger partial charge is 0.480 e. The molecule has 1 rings (SSSR count). The van der Waals surface area contributed by atoms with Gasteiger partial charge in [-0.1, -0.05) is 30.3 Å². The quantitative estimate of drug-likeness (QED) is 0.768. The van der Waals surface area contributed by atoms with E-state index in [4.69, 9.17) is 9.84 Å². The Balaban J connectivity index is 2.44. The minimum absolute atomic E-state index is 0.158. The van der Waals surface area contributed by atoms with Crippen LogP contribution in [0.4, 0.5) is 0 Å². The molecule has 0 fully saturated rings. The van der Waals surface area contributed by atoms with Crippen LogP contribution in [0.2, 0.25) is 0 Å². The van der Waals surface area contributed by atoms with E-state index >= 15 is 0 Å². The van der Waals surface area contributed by atoms with Crippen LogP contribution in [-0.4, -0.2) is 42.1 Å². The number of likely N-dealkylation sites (N-methyl/N-ethyl adjacent to an activating group) is 1. The van der Waals surface area contributed by atoms with E-state index in [1.54, 1.807) is 14.1 Å². The van der Waals surface area contributed by atoms with Crippen LogP contribution in [-0.2, 0) is 20.9 Å². The molecule has 98 valence electrons. The van der Waals surface area contributed by atoms with Crippen LogP contribution in [0.15, 0.2) is 30.3 Å². The van der Waals surface area contributed by atoms with Crippen molar-refractivity contribution in [3.63, 3.8) is 0 Å². The highest BCUT2D eigenvalue weighted by molar-refractivity contribution is 5.81. The molecule has 0 saturated carbocycles. The van der Waals surface area contributed by atoms with E-state index in [2.05, 4.69) is 0 Å². The average Bonchev–Trinajstić information content (AvgIpc) is 2.34. The van der Waals surface area contributed by atoms with Gasteiger partial charge in [-0.05, 0) is 19.7 Å². The van der Waals surface area contributed by atoms with E-state index in [-0.39, 0.29) is 13.0 Å². The maximum absolute atomic E-state index is 11.5. The lowest BCUT2D eigenvalue weighted by molar-refractivity contribution is -0.152. The molecule has 5 heteroatoms. The smallest absolute Gasteiger partial charge is 0.321 e. The van der Waals surface area contributed by atoms with Gasteiger partial charge in [0.1, 0.15) is 12.6 Å². The molecule has 0 spiro atoms. The molecular formula is C13H17NO4. The Morgan fingerprint density at radius 2 is 1.89 bits per heavy atom. The van der Waals surface area contributed by atoms with Crippen molar-refractivity contribution in [2.75, 3.05) is 14.1 Å². The second-order valence-electron chi connectivity index (χ2n) is 4.17. The number of carbonyl (C=O) groups is 2. The summed E-state index contributed by atoms with van der Waals surface area (Å²) in [5.41, 5.74) is 0.877. The maximum atomic E-state index is 11.5. The van der Waals surface area contributed by atoms with Crippen LogP contribution >= 0.6 is 0 Å². The normalized spacial score (nSPS) is 12.2. The molecule has 0 amide bonds. The number of ether oxygens (including phenoxy) is 1. The number of carboxylic acids is 1. The summed E-state index contributed by atoms with van der Waals surface area (Å²) in [6.45, 7) is 0.166. The number of esters is 1. The van der Waals surface area contributed by atoms with Gasteiger partial charge in [-0.3, -0.25) is 14.5 Å². The van der Waals surface area contributed by atoms with Crippen LogP contribution in [0.5, 0.6) is 0 Å². The zero-order chi connectivity index (χ0) is 13.5. The minimum atomic E-state index is -1.03. The fraction of sp³-hybridized carbons (Fsp3) is 0.385. The summed E-state index contributed by atoms with van der Waals surface area (Å²) in [5, 5.41) is 8.93. The van der Waals surface area contributed by atoms with E-state index < -0.39 is 18.0 Å². The number of rotatable bonds is 6. The molecule has 0 aliphatic rings. The van der Waals surface area contributed by atoms with Crippen LogP contribution in [0.1, 0.15) is 12.0 Å². The van der Waals surface area contributed by atoms with Crippen molar-refractivity contribution in [2.45, 2.75) is 19.1 Å².